The zero-order valence-corrected chi connectivity index (χ0v) is 14.8. The van der Waals surface area contributed by atoms with Gasteiger partial charge < -0.3 is 4.98 Å². The second kappa shape index (κ2) is 5.78. The van der Waals surface area contributed by atoms with E-state index in [0.29, 0.717) is 17.8 Å². The highest BCUT2D eigenvalue weighted by Gasteiger charge is 2.54. The largest absolute Gasteiger partial charge is 0.350 e. The molecule has 0 atom stereocenters. The fourth-order valence-corrected chi connectivity index (χ4v) is 5.98. The van der Waals surface area contributed by atoms with Crippen LogP contribution in [0.3, 0.4) is 0 Å². The Hall–Kier alpha value is -2.44. The third kappa shape index (κ3) is 2.71. The number of aromatic nitrogens is 1. The molecule has 2 aromatic rings. The van der Waals surface area contributed by atoms with Crippen LogP contribution in [-0.4, -0.2) is 16.8 Å². The molecule has 4 bridgehead atoms. The van der Waals surface area contributed by atoms with Crippen molar-refractivity contribution in [2.24, 2.45) is 23.2 Å². The van der Waals surface area contributed by atoms with Crippen LogP contribution in [0, 0.1) is 34.8 Å². The fourth-order valence-electron chi connectivity index (χ4n) is 5.98. The molecule has 2 amide bonds. The highest BCUT2D eigenvalue weighted by molar-refractivity contribution is 5.99. The molecule has 1 aromatic heterocycles. The zero-order chi connectivity index (χ0) is 18.8. The van der Waals surface area contributed by atoms with Gasteiger partial charge in [-0.1, -0.05) is 0 Å². The first-order valence-corrected chi connectivity index (χ1v) is 9.50. The van der Waals surface area contributed by atoms with E-state index in [1.54, 1.807) is 0 Å². The van der Waals surface area contributed by atoms with Gasteiger partial charge in [0.1, 0.15) is 17.3 Å². The number of hydrogen-bond acceptors (Lipinski definition) is 2. The molecule has 4 aliphatic carbocycles. The normalized spacial score (nSPS) is 31.3. The lowest BCUT2D eigenvalue weighted by Crippen LogP contribution is -2.56. The Morgan fingerprint density at radius 2 is 1.59 bits per heavy atom. The van der Waals surface area contributed by atoms with Crippen molar-refractivity contribution in [1.82, 2.24) is 15.8 Å². The van der Waals surface area contributed by atoms with E-state index in [9.17, 15) is 18.4 Å². The summed E-state index contributed by atoms with van der Waals surface area (Å²) < 4.78 is 27.1. The van der Waals surface area contributed by atoms with Gasteiger partial charge in [-0.3, -0.25) is 20.4 Å². The molecule has 4 aliphatic rings. The van der Waals surface area contributed by atoms with Gasteiger partial charge in [0, 0.05) is 11.5 Å². The molecule has 1 aromatic carbocycles. The maximum atomic E-state index is 13.8. The molecule has 0 spiro atoms. The van der Waals surface area contributed by atoms with E-state index >= 15 is 0 Å². The van der Waals surface area contributed by atoms with Crippen LogP contribution >= 0.6 is 0 Å². The van der Waals surface area contributed by atoms with Gasteiger partial charge in [-0.25, -0.2) is 8.78 Å². The van der Waals surface area contributed by atoms with Gasteiger partial charge >= 0.3 is 0 Å². The van der Waals surface area contributed by atoms with Crippen LogP contribution in [0.25, 0.3) is 10.9 Å². The number of rotatable bonds is 2. The Kier molecular flexibility index (Phi) is 3.58. The van der Waals surface area contributed by atoms with E-state index in [1.807, 2.05) is 0 Å². The smallest absolute Gasteiger partial charge is 0.286 e. The van der Waals surface area contributed by atoms with E-state index in [-0.39, 0.29) is 27.9 Å². The van der Waals surface area contributed by atoms with Crippen LogP contribution < -0.4 is 10.9 Å². The maximum absolute atomic E-state index is 13.8. The summed E-state index contributed by atoms with van der Waals surface area (Å²) in [6.45, 7) is 0. The summed E-state index contributed by atoms with van der Waals surface area (Å²) in [5.74, 6) is -0.271. The fraction of sp³-hybridized carbons (Fsp3) is 0.500. The third-order valence-electron chi connectivity index (χ3n) is 6.71. The second-order valence-corrected chi connectivity index (χ2v) is 8.64. The van der Waals surface area contributed by atoms with Crippen LogP contribution in [0.2, 0.25) is 0 Å². The molecule has 0 radical (unpaired) electrons. The van der Waals surface area contributed by atoms with Crippen molar-refractivity contribution < 1.29 is 18.4 Å². The van der Waals surface area contributed by atoms with E-state index in [1.165, 1.54) is 25.3 Å². The van der Waals surface area contributed by atoms with Gasteiger partial charge in [-0.2, -0.15) is 0 Å². The van der Waals surface area contributed by atoms with Crippen molar-refractivity contribution in [2.75, 3.05) is 0 Å². The Morgan fingerprint density at radius 1 is 0.963 bits per heavy atom. The monoisotopic (exact) mass is 373 g/mol. The summed E-state index contributed by atoms with van der Waals surface area (Å²) in [5.41, 5.74) is 4.92. The standard InChI is InChI=1S/C20H21F2N3O2/c21-13-4-15(22)14-6-17(23-16(14)5-13)18(26)24-25-19(27)20-7-10-1-11(8-20)3-12(2-10)9-20/h4-6,10-12,23H,1-3,7-9H2,(H,24,26)(H,25,27). The molecule has 3 N–H and O–H groups in total. The van der Waals surface area contributed by atoms with Gasteiger partial charge in [0.15, 0.2) is 0 Å². The summed E-state index contributed by atoms with van der Waals surface area (Å²) in [7, 11) is 0. The second-order valence-electron chi connectivity index (χ2n) is 8.64. The Morgan fingerprint density at radius 3 is 2.22 bits per heavy atom. The van der Waals surface area contributed by atoms with Crippen LogP contribution in [0.15, 0.2) is 18.2 Å². The van der Waals surface area contributed by atoms with Crippen LogP contribution in [0.1, 0.15) is 49.0 Å². The van der Waals surface area contributed by atoms with E-state index < -0.39 is 17.5 Å². The first-order chi connectivity index (χ1) is 12.9. The summed E-state index contributed by atoms with van der Waals surface area (Å²) in [6, 6.07) is 3.21. The lowest BCUT2D eigenvalue weighted by molar-refractivity contribution is -0.147. The molecule has 4 fully saturated rings. The minimum atomic E-state index is -0.738. The molecule has 1 heterocycles. The molecule has 142 valence electrons. The zero-order valence-electron chi connectivity index (χ0n) is 14.8. The number of hydrogen-bond donors (Lipinski definition) is 3. The maximum Gasteiger partial charge on any atom is 0.286 e. The number of hydrazine groups is 1. The molecule has 4 saturated carbocycles. The van der Waals surface area contributed by atoms with Crippen molar-refractivity contribution in [3.8, 4) is 0 Å². The van der Waals surface area contributed by atoms with E-state index in [4.69, 9.17) is 0 Å². The van der Waals surface area contributed by atoms with Gasteiger partial charge in [-0.15, -0.1) is 0 Å². The summed E-state index contributed by atoms with van der Waals surface area (Å²) in [5, 5.41) is 0.133. The highest BCUT2D eigenvalue weighted by Crippen LogP contribution is 2.60. The number of carbonyl (C=O) groups is 2. The molecular formula is C20H21F2N3O2. The summed E-state index contributed by atoms with van der Waals surface area (Å²) in [4.78, 5) is 27.9. The number of carbonyl (C=O) groups excluding carboxylic acids is 2. The van der Waals surface area contributed by atoms with Crippen LogP contribution in [0.4, 0.5) is 8.78 Å². The first kappa shape index (κ1) is 16.7. The number of aromatic amines is 1. The van der Waals surface area contributed by atoms with Gasteiger partial charge in [0.2, 0.25) is 5.91 Å². The molecule has 0 saturated heterocycles. The van der Waals surface area contributed by atoms with Crippen molar-refractivity contribution in [3.63, 3.8) is 0 Å². The molecule has 0 unspecified atom stereocenters. The van der Waals surface area contributed by atoms with Crippen molar-refractivity contribution >= 4 is 22.7 Å². The van der Waals surface area contributed by atoms with E-state index in [2.05, 4.69) is 15.8 Å². The van der Waals surface area contributed by atoms with Crippen molar-refractivity contribution in [3.05, 3.63) is 35.5 Å². The lowest BCUT2D eigenvalue weighted by Gasteiger charge is -2.55. The predicted molar refractivity (Wildman–Crippen MR) is 94.4 cm³/mol. The average molecular weight is 373 g/mol. The summed E-state index contributed by atoms with van der Waals surface area (Å²) >= 11 is 0. The van der Waals surface area contributed by atoms with Crippen LogP contribution in [0.5, 0.6) is 0 Å². The first-order valence-electron chi connectivity index (χ1n) is 9.50. The van der Waals surface area contributed by atoms with Crippen molar-refractivity contribution in [2.45, 2.75) is 38.5 Å². The Labute approximate surface area is 154 Å². The quantitative estimate of drug-likeness (QED) is 0.706. The number of H-pyrrole nitrogens is 1. The van der Waals surface area contributed by atoms with Gasteiger partial charge in [-0.05, 0) is 68.4 Å². The minimum Gasteiger partial charge on any atom is -0.350 e. The summed E-state index contributed by atoms with van der Waals surface area (Å²) in [6.07, 6.45) is 6.40. The highest BCUT2D eigenvalue weighted by atomic mass is 19.1. The molecule has 27 heavy (non-hydrogen) atoms. The number of halogens is 2. The average Bonchev–Trinajstić information content (AvgIpc) is 3.02. The lowest BCUT2D eigenvalue weighted by atomic mass is 9.49. The van der Waals surface area contributed by atoms with Gasteiger partial charge in [0.05, 0.1) is 10.9 Å². The van der Waals surface area contributed by atoms with Crippen LogP contribution in [-0.2, 0) is 4.79 Å². The topological polar surface area (TPSA) is 74.0 Å². The molecule has 6 rings (SSSR count). The Bertz CT molecular complexity index is 917. The molecular weight excluding hydrogens is 352 g/mol. The number of amides is 2. The number of fused-ring (bicyclic) bond motifs is 1. The number of benzene rings is 1. The SMILES string of the molecule is O=C(NNC(=O)C12CC3CC(CC(C3)C1)C2)c1cc2c(F)cc(F)cc2[nH]1. The third-order valence-corrected chi connectivity index (χ3v) is 6.71. The minimum absolute atomic E-state index is 0.0697. The van der Waals surface area contributed by atoms with Gasteiger partial charge in [0.25, 0.3) is 5.91 Å². The molecule has 7 heteroatoms. The molecule has 5 nitrogen and oxygen atoms in total. The Balaban J connectivity index is 1.29. The number of nitrogens with one attached hydrogen (secondary N) is 3. The molecule has 0 aliphatic heterocycles. The van der Waals surface area contributed by atoms with E-state index in [0.717, 1.165) is 31.4 Å². The van der Waals surface area contributed by atoms with Crippen molar-refractivity contribution in [1.29, 1.82) is 0 Å². The predicted octanol–water partition coefficient (Wildman–Crippen LogP) is 3.42.